The Kier molecular flexibility index (Phi) is 4.45. The fraction of sp³-hybridized carbons (Fsp3) is 0.533. The van der Waals surface area contributed by atoms with E-state index in [4.69, 9.17) is 5.11 Å². The lowest BCUT2D eigenvalue weighted by atomic mass is 9.79. The molecule has 1 aromatic rings. The number of rotatable bonds is 4. The highest BCUT2D eigenvalue weighted by atomic mass is 16.4. The second-order valence-corrected chi connectivity index (χ2v) is 5.76. The molecule has 3 N–H and O–H groups in total. The maximum Gasteiger partial charge on any atom is 0.305 e. The van der Waals surface area contributed by atoms with Gasteiger partial charge in [0.15, 0.2) is 5.43 Å². The molecule has 2 rings (SSSR count). The van der Waals surface area contributed by atoms with Gasteiger partial charge in [-0.3, -0.25) is 14.4 Å². The molecule has 0 spiro atoms. The molecular weight excluding hydrogens is 272 g/mol. The fourth-order valence-corrected chi connectivity index (χ4v) is 2.92. The topological polar surface area (TPSA) is 99.3 Å². The maximum atomic E-state index is 12.3. The SMILES string of the molecule is Cc1cc(=O)c(C(=O)NC2(CC(=O)O)CCCCC2)c[nH]1. The standard InChI is InChI=1S/C15H20N2O4/c1-10-7-12(18)11(9-16-10)14(21)17-15(8-13(19)20)5-3-2-4-6-15/h7,9H,2-6,8H2,1H3,(H,16,18)(H,17,21)(H,19,20). The summed E-state index contributed by atoms with van der Waals surface area (Å²) in [4.78, 5) is 38.1. The number of pyridine rings is 1. The quantitative estimate of drug-likeness (QED) is 0.784. The van der Waals surface area contributed by atoms with Crippen LogP contribution in [0.25, 0.3) is 0 Å². The Balaban J connectivity index is 2.21. The van der Waals surface area contributed by atoms with E-state index >= 15 is 0 Å². The van der Waals surface area contributed by atoms with Crippen molar-refractivity contribution in [2.45, 2.75) is 51.0 Å². The molecule has 1 fully saturated rings. The van der Waals surface area contributed by atoms with Crippen LogP contribution < -0.4 is 10.7 Å². The van der Waals surface area contributed by atoms with Gasteiger partial charge in [-0.05, 0) is 19.8 Å². The smallest absolute Gasteiger partial charge is 0.305 e. The van der Waals surface area contributed by atoms with Crippen LogP contribution in [0, 0.1) is 6.92 Å². The number of aliphatic carboxylic acids is 1. The van der Waals surface area contributed by atoms with E-state index in [1.807, 2.05) is 0 Å². The van der Waals surface area contributed by atoms with E-state index in [1.165, 1.54) is 12.3 Å². The minimum atomic E-state index is -0.935. The summed E-state index contributed by atoms with van der Waals surface area (Å²) in [5.41, 5.74) is -0.395. The van der Waals surface area contributed by atoms with Gasteiger partial charge in [-0.15, -0.1) is 0 Å². The number of aromatic amines is 1. The predicted octanol–water partition coefficient (Wildman–Crippen LogP) is 1.59. The van der Waals surface area contributed by atoms with Gasteiger partial charge >= 0.3 is 5.97 Å². The lowest BCUT2D eigenvalue weighted by Crippen LogP contribution is -2.51. The first-order chi connectivity index (χ1) is 9.92. The third-order valence-corrected chi connectivity index (χ3v) is 3.98. The van der Waals surface area contributed by atoms with Crippen molar-refractivity contribution in [2.24, 2.45) is 0 Å². The van der Waals surface area contributed by atoms with Crippen LogP contribution in [-0.2, 0) is 4.79 Å². The lowest BCUT2D eigenvalue weighted by Gasteiger charge is -2.36. The third kappa shape index (κ3) is 3.71. The summed E-state index contributed by atoms with van der Waals surface area (Å²) < 4.78 is 0. The van der Waals surface area contributed by atoms with E-state index < -0.39 is 17.4 Å². The molecule has 0 radical (unpaired) electrons. The average Bonchev–Trinajstić information content (AvgIpc) is 2.38. The first-order valence-electron chi connectivity index (χ1n) is 7.15. The Bertz CT molecular complexity index is 600. The van der Waals surface area contributed by atoms with Gasteiger partial charge in [0, 0.05) is 18.0 Å². The van der Waals surface area contributed by atoms with Crippen molar-refractivity contribution in [1.29, 1.82) is 0 Å². The second kappa shape index (κ2) is 6.11. The fourth-order valence-electron chi connectivity index (χ4n) is 2.92. The summed E-state index contributed by atoms with van der Waals surface area (Å²) in [7, 11) is 0. The van der Waals surface area contributed by atoms with E-state index in [0.29, 0.717) is 18.5 Å². The molecule has 1 aromatic heterocycles. The number of carbonyl (C=O) groups is 2. The third-order valence-electron chi connectivity index (χ3n) is 3.98. The van der Waals surface area contributed by atoms with Crippen LogP contribution >= 0.6 is 0 Å². The molecule has 0 saturated heterocycles. The molecular formula is C15H20N2O4. The summed E-state index contributed by atoms with van der Waals surface area (Å²) in [6.45, 7) is 1.73. The monoisotopic (exact) mass is 292 g/mol. The van der Waals surface area contributed by atoms with E-state index in [1.54, 1.807) is 6.92 Å². The van der Waals surface area contributed by atoms with Gasteiger partial charge in [0.25, 0.3) is 5.91 Å². The highest BCUT2D eigenvalue weighted by molar-refractivity contribution is 5.94. The highest BCUT2D eigenvalue weighted by Gasteiger charge is 2.36. The van der Waals surface area contributed by atoms with Crippen molar-refractivity contribution in [3.63, 3.8) is 0 Å². The summed E-state index contributed by atoms with van der Waals surface area (Å²) in [5.74, 6) is -1.44. The van der Waals surface area contributed by atoms with Gasteiger partial charge in [0.05, 0.1) is 12.0 Å². The van der Waals surface area contributed by atoms with Crippen molar-refractivity contribution >= 4 is 11.9 Å². The van der Waals surface area contributed by atoms with Gasteiger partial charge in [0.2, 0.25) is 0 Å². The molecule has 1 saturated carbocycles. The molecule has 21 heavy (non-hydrogen) atoms. The lowest BCUT2D eigenvalue weighted by molar-refractivity contribution is -0.139. The van der Waals surface area contributed by atoms with Crippen LogP contribution in [0.3, 0.4) is 0 Å². The van der Waals surface area contributed by atoms with Crippen LogP contribution in [0.1, 0.15) is 54.6 Å². The van der Waals surface area contributed by atoms with Crippen molar-refractivity contribution in [3.05, 3.63) is 33.7 Å². The molecule has 6 nitrogen and oxygen atoms in total. The van der Waals surface area contributed by atoms with E-state index in [-0.39, 0.29) is 17.4 Å². The summed E-state index contributed by atoms with van der Waals surface area (Å²) in [6, 6.07) is 1.36. The Morgan fingerprint density at radius 2 is 2.00 bits per heavy atom. The van der Waals surface area contributed by atoms with Crippen LogP contribution in [0.15, 0.2) is 17.1 Å². The molecule has 0 bridgehead atoms. The molecule has 0 atom stereocenters. The number of H-pyrrole nitrogens is 1. The number of aromatic nitrogens is 1. The number of nitrogens with one attached hydrogen (secondary N) is 2. The first-order valence-corrected chi connectivity index (χ1v) is 7.15. The number of carboxylic acids is 1. The number of hydrogen-bond acceptors (Lipinski definition) is 3. The van der Waals surface area contributed by atoms with E-state index in [2.05, 4.69) is 10.3 Å². The molecule has 0 aliphatic heterocycles. The van der Waals surface area contributed by atoms with Gasteiger partial charge in [-0.2, -0.15) is 0 Å². The number of hydrogen-bond donors (Lipinski definition) is 3. The molecule has 6 heteroatoms. The number of aryl methyl sites for hydroxylation is 1. The zero-order valence-electron chi connectivity index (χ0n) is 12.1. The van der Waals surface area contributed by atoms with E-state index in [9.17, 15) is 14.4 Å². The Morgan fingerprint density at radius 1 is 1.33 bits per heavy atom. The normalized spacial score (nSPS) is 17.2. The van der Waals surface area contributed by atoms with E-state index in [0.717, 1.165) is 19.3 Å². The zero-order valence-corrected chi connectivity index (χ0v) is 12.1. The highest BCUT2D eigenvalue weighted by Crippen LogP contribution is 2.31. The molecule has 1 aliphatic carbocycles. The first kappa shape index (κ1) is 15.3. The number of carbonyl (C=O) groups excluding carboxylic acids is 1. The van der Waals surface area contributed by atoms with Crippen LogP contribution in [-0.4, -0.2) is 27.5 Å². The van der Waals surface area contributed by atoms with Crippen LogP contribution in [0.2, 0.25) is 0 Å². The second-order valence-electron chi connectivity index (χ2n) is 5.76. The molecule has 1 aliphatic rings. The van der Waals surface area contributed by atoms with Crippen molar-refractivity contribution in [2.75, 3.05) is 0 Å². The van der Waals surface area contributed by atoms with Crippen LogP contribution in [0.5, 0.6) is 0 Å². The average molecular weight is 292 g/mol. The summed E-state index contributed by atoms with van der Waals surface area (Å²) >= 11 is 0. The minimum absolute atomic E-state index is 0.0240. The summed E-state index contributed by atoms with van der Waals surface area (Å²) in [6.07, 6.45) is 5.36. The van der Waals surface area contributed by atoms with Gasteiger partial charge in [-0.1, -0.05) is 19.3 Å². The Morgan fingerprint density at radius 3 is 2.57 bits per heavy atom. The predicted molar refractivity (Wildman–Crippen MR) is 77.3 cm³/mol. The zero-order chi connectivity index (χ0) is 15.5. The van der Waals surface area contributed by atoms with Gasteiger partial charge in [0.1, 0.15) is 5.56 Å². The minimum Gasteiger partial charge on any atom is -0.481 e. The largest absolute Gasteiger partial charge is 0.481 e. The summed E-state index contributed by atoms with van der Waals surface area (Å²) in [5, 5.41) is 11.9. The maximum absolute atomic E-state index is 12.3. The Hall–Kier alpha value is -2.11. The van der Waals surface area contributed by atoms with Crippen molar-refractivity contribution in [1.82, 2.24) is 10.3 Å². The molecule has 1 heterocycles. The Labute approximate surface area is 122 Å². The van der Waals surface area contributed by atoms with Crippen molar-refractivity contribution < 1.29 is 14.7 Å². The molecule has 0 unspecified atom stereocenters. The van der Waals surface area contributed by atoms with Gasteiger partial charge in [-0.25, -0.2) is 0 Å². The van der Waals surface area contributed by atoms with Gasteiger partial charge < -0.3 is 15.4 Å². The van der Waals surface area contributed by atoms with Crippen LogP contribution in [0.4, 0.5) is 0 Å². The number of carboxylic acid groups (broad SMARTS) is 1. The molecule has 114 valence electrons. The molecule has 1 amide bonds. The van der Waals surface area contributed by atoms with Crippen molar-refractivity contribution in [3.8, 4) is 0 Å². The molecule has 0 aromatic carbocycles. The number of amides is 1.